The van der Waals surface area contributed by atoms with Crippen molar-refractivity contribution in [1.29, 1.82) is 0 Å². The number of piperidine rings is 1. The summed E-state index contributed by atoms with van der Waals surface area (Å²) in [5, 5.41) is 10.7. The Labute approximate surface area is 109 Å². The Hall–Kier alpha value is -1.10. The number of rotatable bonds is 3. The molecule has 1 aromatic rings. The molecule has 1 saturated heterocycles. The quantitative estimate of drug-likeness (QED) is 0.855. The lowest BCUT2D eigenvalue weighted by molar-refractivity contribution is 0.399. The van der Waals surface area contributed by atoms with E-state index in [-0.39, 0.29) is 5.41 Å². The monoisotopic (exact) mass is 251 g/mol. The van der Waals surface area contributed by atoms with Crippen LogP contribution in [0.1, 0.15) is 39.4 Å². The molecule has 2 heterocycles. The average molecular weight is 251 g/mol. The molecule has 2 N–H and O–H groups in total. The average Bonchev–Trinajstić information content (AvgIpc) is 2.78. The summed E-state index contributed by atoms with van der Waals surface area (Å²) in [5.41, 5.74) is 0.0331. The third-order valence-electron chi connectivity index (χ3n) is 3.48. The molecule has 1 aliphatic rings. The summed E-state index contributed by atoms with van der Waals surface area (Å²) >= 11 is 0. The van der Waals surface area contributed by atoms with E-state index in [0.29, 0.717) is 5.92 Å². The van der Waals surface area contributed by atoms with Crippen LogP contribution in [0.2, 0.25) is 0 Å². The Morgan fingerprint density at radius 2 is 2.22 bits per heavy atom. The Morgan fingerprint density at radius 3 is 2.83 bits per heavy atom. The van der Waals surface area contributed by atoms with Gasteiger partial charge in [0.1, 0.15) is 5.82 Å². The summed E-state index contributed by atoms with van der Waals surface area (Å²) in [6, 6.07) is 0. The van der Waals surface area contributed by atoms with Crippen molar-refractivity contribution >= 4 is 5.95 Å². The van der Waals surface area contributed by atoms with Crippen LogP contribution >= 0.6 is 0 Å². The van der Waals surface area contributed by atoms with Gasteiger partial charge in [-0.15, -0.1) is 5.10 Å². The van der Waals surface area contributed by atoms with Crippen molar-refractivity contribution in [3.63, 3.8) is 0 Å². The van der Waals surface area contributed by atoms with Crippen LogP contribution in [0.15, 0.2) is 0 Å². The van der Waals surface area contributed by atoms with Gasteiger partial charge in [0.15, 0.2) is 0 Å². The molecule has 1 atom stereocenters. The lowest BCUT2D eigenvalue weighted by Gasteiger charge is -2.31. The molecule has 1 aromatic heterocycles. The van der Waals surface area contributed by atoms with E-state index in [4.69, 9.17) is 0 Å². The van der Waals surface area contributed by atoms with Gasteiger partial charge in [0.05, 0.1) is 0 Å². The summed E-state index contributed by atoms with van der Waals surface area (Å²) in [4.78, 5) is 6.94. The predicted molar refractivity (Wildman–Crippen MR) is 73.9 cm³/mol. The minimum atomic E-state index is 0.0331. The zero-order valence-corrected chi connectivity index (χ0v) is 12.0. The number of aromatic nitrogens is 3. The minimum absolute atomic E-state index is 0.0331. The first kappa shape index (κ1) is 13.3. The van der Waals surface area contributed by atoms with Gasteiger partial charge in [-0.2, -0.15) is 4.98 Å². The van der Waals surface area contributed by atoms with E-state index >= 15 is 0 Å². The first-order chi connectivity index (χ1) is 8.50. The molecule has 0 radical (unpaired) electrons. The molecular weight excluding hydrogens is 226 g/mol. The second-order valence-corrected chi connectivity index (χ2v) is 6.25. The van der Waals surface area contributed by atoms with Crippen LogP contribution in [0, 0.1) is 5.92 Å². The van der Waals surface area contributed by atoms with E-state index in [1.54, 1.807) is 0 Å². The molecule has 2 rings (SSSR count). The number of nitrogens with one attached hydrogen (secondary N) is 2. The molecule has 102 valence electrons. The molecule has 1 unspecified atom stereocenters. The minimum Gasteiger partial charge on any atom is -0.339 e. The van der Waals surface area contributed by atoms with Gasteiger partial charge in [-0.3, -0.25) is 5.10 Å². The molecule has 0 aliphatic carbocycles. The first-order valence-electron chi connectivity index (χ1n) is 6.83. The zero-order chi connectivity index (χ0) is 13.2. The maximum absolute atomic E-state index is 4.64. The predicted octanol–water partition coefficient (Wildman–Crippen LogP) is 1.54. The molecule has 5 heteroatoms. The summed E-state index contributed by atoms with van der Waals surface area (Å²) in [6.45, 7) is 9.66. The van der Waals surface area contributed by atoms with Crippen LogP contribution in [0.25, 0.3) is 0 Å². The van der Waals surface area contributed by atoms with Crippen molar-refractivity contribution in [2.75, 3.05) is 31.6 Å². The zero-order valence-electron chi connectivity index (χ0n) is 12.0. The van der Waals surface area contributed by atoms with Crippen LogP contribution in [0.5, 0.6) is 0 Å². The maximum Gasteiger partial charge on any atom is 0.244 e. The number of H-pyrrole nitrogens is 1. The van der Waals surface area contributed by atoms with Gasteiger partial charge < -0.3 is 10.2 Å². The van der Waals surface area contributed by atoms with Crippen molar-refractivity contribution in [2.24, 2.45) is 5.92 Å². The van der Waals surface area contributed by atoms with Crippen molar-refractivity contribution in [1.82, 2.24) is 20.5 Å². The molecule has 0 saturated carbocycles. The summed E-state index contributed by atoms with van der Waals surface area (Å²) in [7, 11) is 2.02. The normalized spacial score (nSPS) is 21.3. The van der Waals surface area contributed by atoms with Gasteiger partial charge >= 0.3 is 0 Å². The Bertz CT molecular complexity index is 377. The summed E-state index contributed by atoms with van der Waals surface area (Å²) in [6.07, 6.45) is 2.53. The lowest BCUT2D eigenvalue weighted by atomic mass is 9.96. The highest BCUT2D eigenvalue weighted by molar-refractivity contribution is 5.30. The van der Waals surface area contributed by atoms with Gasteiger partial charge in [0.2, 0.25) is 5.95 Å². The number of hydrogen-bond acceptors (Lipinski definition) is 4. The van der Waals surface area contributed by atoms with Crippen LogP contribution in [0.4, 0.5) is 5.95 Å². The highest BCUT2D eigenvalue weighted by atomic mass is 15.4. The molecule has 0 aromatic carbocycles. The van der Waals surface area contributed by atoms with E-state index in [2.05, 4.69) is 46.2 Å². The third-order valence-corrected chi connectivity index (χ3v) is 3.48. The van der Waals surface area contributed by atoms with Gasteiger partial charge in [0, 0.05) is 18.5 Å². The first-order valence-corrected chi connectivity index (χ1v) is 6.83. The van der Waals surface area contributed by atoms with E-state index in [0.717, 1.165) is 31.4 Å². The van der Waals surface area contributed by atoms with E-state index in [1.807, 2.05) is 7.05 Å². The molecule has 1 fully saturated rings. The van der Waals surface area contributed by atoms with Crippen molar-refractivity contribution in [3.05, 3.63) is 5.82 Å². The molecule has 5 nitrogen and oxygen atoms in total. The van der Waals surface area contributed by atoms with Gasteiger partial charge in [0.25, 0.3) is 0 Å². The molecule has 1 aliphatic heterocycles. The Morgan fingerprint density at radius 1 is 1.44 bits per heavy atom. The molecule has 18 heavy (non-hydrogen) atoms. The van der Waals surface area contributed by atoms with Crippen LogP contribution < -0.4 is 10.2 Å². The Kier molecular flexibility index (Phi) is 3.90. The molecular formula is C13H25N5. The van der Waals surface area contributed by atoms with Crippen molar-refractivity contribution < 1.29 is 0 Å². The number of hydrogen-bond donors (Lipinski definition) is 2. The summed E-state index contributed by atoms with van der Waals surface area (Å²) < 4.78 is 0. The lowest BCUT2D eigenvalue weighted by Crippen LogP contribution is -2.39. The highest BCUT2D eigenvalue weighted by Gasteiger charge is 2.24. The number of aromatic amines is 1. The van der Waals surface area contributed by atoms with Gasteiger partial charge in [-0.1, -0.05) is 20.8 Å². The fourth-order valence-corrected chi connectivity index (χ4v) is 2.43. The fourth-order valence-electron chi connectivity index (χ4n) is 2.43. The van der Waals surface area contributed by atoms with Crippen molar-refractivity contribution in [2.45, 2.75) is 39.0 Å². The smallest absolute Gasteiger partial charge is 0.244 e. The van der Waals surface area contributed by atoms with E-state index in [9.17, 15) is 0 Å². The van der Waals surface area contributed by atoms with Crippen molar-refractivity contribution in [3.8, 4) is 0 Å². The van der Waals surface area contributed by atoms with Crippen LogP contribution in [-0.2, 0) is 5.41 Å². The fraction of sp³-hybridized carbons (Fsp3) is 0.846. The third kappa shape index (κ3) is 3.02. The second kappa shape index (κ2) is 5.26. The van der Waals surface area contributed by atoms with E-state index in [1.165, 1.54) is 12.8 Å². The number of anilines is 1. The topological polar surface area (TPSA) is 56.8 Å². The summed E-state index contributed by atoms with van der Waals surface area (Å²) in [5.74, 6) is 2.54. The highest BCUT2D eigenvalue weighted by Crippen LogP contribution is 2.23. The van der Waals surface area contributed by atoms with Crippen LogP contribution in [0.3, 0.4) is 0 Å². The number of nitrogens with zero attached hydrogens (tertiary/aromatic N) is 3. The largest absolute Gasteiger partial charge is 0.339 e. The molecule has 0 bridgehead atoms. The molecule has 0 spiro atoms. The second-order valence-electron chi connectivity index (χ2n) is 6.25. The van der Waals surface area contributed by atoms with Crippen LogP contribution in [-0.4, -0.2) is 41.9 Å². The van der Waals surface area contributed by atoms with E-state index < -0.39 is 0 Å². The van der Waals surface area contributed by atoms with Gasteiger partial charge in [-0.05, 0) is 32.4 Å². The Balaban J connectivity index is 2.05. The SMILES string of the molecule is CNCC1CCCN(c2n[nH]c(C(C)(C)C)n2)C1. The van der Waals surface area contributed by atoms with Gasteiger partial charge in [-0.25, -0.2) is 0 Å². The standard InChI is InChI=1S/C13H25N5/c1-13(2,3)11-15-12(17-16-11)18-7-5-6-10(9-18)8-14-4/h10,14H,5-9H2,1-4H3,(H,15,16,17). The molecule has 0 amide bonds. The maximum atomic E-state index is 4.64.